The summed E-state index contributed by atoms with van der Waals surface area (Å²) in [5.41, 5.74) is 2.23. The molecule has 1 amide bonds. The van der Waals surface area contributed by atoms with Crippen molar-refractivity contribution in [1.82, 2.24) is 15.1 Å². The van der Waals surface area contributed by atoms with Crippen molar-refractivity contribution in [1.29, 1.82) is 0 Å². The van der Waals surface area contributed by atoms with Crippen LogP contribution in [-0.4, -0.2) is 22.2 Å². The van der Waals surface area contributed by atoms with Crippen molar-refractivity contribution in [2.24, 2.45) is 0 Å². The summed E-state index contributed by atoms with van der Waals surface area (Å²) >= 11 is 12.3. The number of hydrogen-bond donors (Lipinski definition) is 1. The molecule has 1 fully saturated rings. The Morgan fingerprint density at radius 3 is 2.85 bits per heavy atom. The third-order valence-corrected chi connectivity index (χ3v) is 4.93. The van der Waals surface area contributed by atoms with Crippen molar-refractivity contribution in [2.45, 2.75) is 25.2 Å². The lowest BCUT2D eigenvalue weighted by Crippen LogP contribution is -2.26. The van der Waals surface area contributed by atoms with Crippen molar-refractivity contribution < 1.29 is 9.21 Å². The quantitative estimate of drug-likeness (QED) is 0.668. The van der Waals surface area contributed by atoms with Crippen LogP contribution in [-0.2, 0) is 6.42 Å². The lowest BCUT2D eigenvalue weighted by molar-refractivity contribution is 0.0952. The maximum Gasteiger partial charge on any atom is 0.254 e. The van der Waals surface area contributed by atoms with Crippen LogP contribution in [0.5, 0.6) is 0 Å². The molecule has 1 saturated carbocycles. The Balaban J connectivity index is 1.57. The van der Waals surface area contributed by atoms with E-state index in [0.29, 0.717) is 34.5 Å². The van der Waals surface area contributed by atoms with Crippen LogP contribution in [0.4, 0.5) is 0 Å². The van der Waals surface area contributed by atoms with Crippen molar-refractivity contribution >= 4 is 29.1 Å². The number of furan rings is 1. The average molecular weight is 390 g/mol. The van der Waals surface area contributed by atoms with Crippen LogP contribution in [0, 0.1) is 0 Å². The molecule has 0 unspecified atom stereocenters. The second-order valence-corrected chi connectivity index (χ2v) is 7.15. The minimum Gasteiger partial charge on any atom is -0.469 e. The van der Waals surface area contributed by atoms with Gasteiger partial charge in [0.1, 0.15) is 5.76 Å². The molecule has 0 saturated heterocycles. The zero-order valence-corrected chi connectivity index (χ0v) is 15.4. The SMILES string of the molecule is O=C(NCCc1ccco1)c1cnn(-c2ccc(Cl)cc2Cl)c1C1CC1. The summed E-state index contributed by atoms with van der Waals surface area (Å²) < 4.78 is 7.05. The van der Waals surface area contributed by atoms with Crippen molar-refractivity contribution in [2.75, 3.05) is 6.54 Å². The molecule has 134 valence electrons. The van der Waals surface area contributed by atoms with Crippen LogP contribution in [0.2, 0.25) is 10.0 Å². The second kappa shape index (κ2) is 7.17. The Labute approximate surface area is 160 Å². The number of hydrogen-bond acceptors (Lipinski definition) is 3. The monoisotopic (exact) mass is 389 g/mol. The molecule has 4 rings (SSSR count). The van der Waals surface area contributed by atoms with Crippen molar-refractivity contribution in [3.8, 4) is 5.69 Å². The summed E-state index contributed by atoms with van der Waals surface area (Å²) in [6.45, 7) is 0.503. The van der Waals surface area contributed by atoms with Crippen LogP contribution in [0.15, 0.2) is 47.2 Å². The summed E-state index contributed by atoms with van der Waals surface area (Å²) in [5, 5.41) is 8.44. The number of halogens is 2. The van der Waals surface area contributed by atoms with E-state index in [9.17, 15) is 4.79 Å². The number of nitrogens with zero attached hydrogens (tertiary/aromatic N) is 2. The van der Waals surface area contributed by atoms with Gasteiger partial charge in [0.2, 0.25) is 0 Å². The molecule has 5 nitrogen and oxygen atoms in total. The molecule has 0 spiro atoms. The van der Waals surface area contributed by atoms with Gasteiger partial charge in [-0.25, -0.2) is 4.68 Å². The van der Waals surface area contributed by atoms with Gasteiger partial charge in [-0.15, -0.1) is 0 Å². The fraction of sp³-hybridized carbons (Fsp3) is 0.263. The van der Waals surface area contributed by atoms with Gasteiger partial charge in [0.15, 0.2) is 0 Å². The van der Waals surface area contributed by atoms with E-state index in [1.165, 1.54) is 0 Å². The normalized spacial score (nSPS) is 13.8. The molecule has 1 aliphatic rings. The number of rotatable bonds is 6. The summed E-state index contributed by atoms with van der Waals surface area (Å²) in [5.74, 6) is 1.04. The highest BCUT2D eigenvalue weighted by molar-refractivity contribution is 6.35. The smallest absolute Gasteiger partial charge is 0.254 e. The maximum absolute atomic E-state index is 12.7. The van der Waals surface area contributed by atoms with Gasteiger partial charge < -0.3 is 9.73 Å². The number of amides is 1. The van der Waals surface area contributed by atoms with Gasteiger partial charge in [0.05, 0.1) is 34.4 Å². The lowest BCUT2D eigenvalue weighted by atomic mass is 10.1. The highest BCUT2D eigenvalue weighted by Gasteiger charge is 2.33. The lowest BCUT2D eigenvalue weighted by Gasteiger charge is -2.11. The predicted octanol–water partition coefficient (Wildman–Crippen LogP) is 4.62. The first-order valence-corrected chi connectivity index (χ1v) is 9.23. The molecule has 0 bridgehead atoms. The van der Waals surface area contributed by atoms with E-state index in [2.05, 4.69) is 10.4 Å². The zero-order valence-electron chi connectivity index (χ0n) is 13.9. The summed E-state index contributed by atoms with van der Waals surface area (Å²) in [6, 6.07) is 9.00. The molecule has 3 aromatic rings. The maximum atomic E-state index is 12.7. The van der Waals surface area contributed by atoms with Crippen LogP contribution < -0.4 is 5.32 Å². The molecule has 1 aliphatic carbocycles. The minimum atomic E-state index is -0.130. The number of benzene rings is 1. The third kappa shape index (κ3) is 3.50. The van der Waals surface area contributed by atoms with Crippen LogP contribution in [0.25, 0.3) is 5.69 Å². The van der Waals surface area contributed by atoms with E-state index < -0.39 is 0 Å². The Bertz CT molecular complexity index is 930. The highest BCUT2D eigenvalue weighted by atomic mass is 35.5. The Morgan fingerprint density at radius 1 is 1.31 bits per heavy atom. The fourth-order valence-electron chi connectivity index (χ4n) is 2.98. The minimum absolute atomic E-state index is 0.130. The number of carbonyl (C=O) groups is 1. The second-order valence-electron chi connectivity index (χ2n) is 6.31. The van der Waals surface area contributed by atoms with Gasteiger partial charge in [-0.2, -0.15) is 5.10 Å². The van der Waals surface area contributed by atoms with E-state index in [1.54, 1.807) is 29.3 Å². The highest BCUT2D eigenvalue weighted by Crippen LogP contribution is 2.43. The molecular weight excluding hydrogens is 373 g/mol. The van der Waals surface area contributed by atoms with Gasteiger partial charge >= 0.3 is 0 Å². The Morgan fingerprint density at radius 2 is 2.15 bits per heavy atom. The first-order chi connectivity index (χ1) is 12.6. The molecule has 0 atom stereocenters. The van der Waals surface area contributed by atoms with E-state index >= 15 is 0 Å². The van der Waals surface area contributed by atoms with Crippen LogP contribution in [0.3, 0.4) is 0 Å². The third-order valence-electron chi connectivity index (χ3n) is 4.39. The molecule has 1 aromatic carbocycles. The first-order valence-electron chi connectivity index (χ1n) is 8.47. The number of carbonyl (C=O) groups excluding carboxylic acids is 1. The molecule has 2 heterocycles. The molecule has 26 heavy (non-hydrogen) atoms. The molecule has 1 N–H and O–H groups in total. The van der Waals surface area contributed by atoms with E-state index in [4.69, 9.17) is 27.6 Å². The number of aromatic nitrogens is 2. The van der Waals surface area contributed by atoms with Crippen molar-refractivity contribution in [3.63, 3.8) is 0 Å². The summed E-state index contributed by atoms with van der Waals surface area (Å²) in [7, 11) is 0. The van der Waals surface area contributed by atoms with Gasteiger partial charge in [-0.05, 0) is 43.2 Å². The average Bonchev–Trinajstić information content (AvgIpc) is 3.14. The van der Waals surface area contributed by atoms with Crippen LogP contribution >= 0.6 is 23.2 Å². The Kier molecular flexibility index (Phi) is 4.74. The standard InChI is InChI=1S/C19H17Cl2N3O2/c20-13-5-6-17(16(21)10-13)24-18(12-3-4-12)15(11-23-24)19(25)22-8-7-14-2-1-9-26-14/h1-2,5-6,9-12H,3-4,7-8H2,(H,22,25). The van der Waals surface area contributed by atoms with Crippen LogP contribution in [0.1, 0.15) is 40.6 Å². The summed E-state index contributed by atoms with van der Waals surface area (Å²) in [4.78, 5) is 12.7. The Hall–Kier alpha value is -2.24. The zero-order chi connectivity index (χ0) is 18.1. The van der Waals surface area contributed by atoms with E-state index in [-0.39, 0.29) is 5.91 Å². The first kappa shape index (κ1) is 17.2. The van der Waals surface area contributed by atoms with E-state index in [0.717, 1.165) is 30.0 Å². The van der Waals surface area contributed by atoms with E-state index in [1.807, 2.05) is 18.2 Å². The van der Waals surface area contributed by atoms with Gasteiger partial charge in [0, 0.05) is 23.9 Å². The van der Waals surface area contributed by atoms with Gasteiger partial charge in [-0.3, -0.25) is 4.79 Å². The van der Waals surface area contributed by atoms with Crippen molar-refractivity contribution in [3.05, 3.63) is 69.9 Å². The largest absolute Gasteiger partial charge is 0.469 e. The van der Waals surface area contributed by atoms with Gasteiger partial charge in [-0.1, -0.05) is 23.2 Å². The summed E-state index contributed by atoms with van der Waals surface area (Å²) in [6.07, 6.45) is 5.98. The fourth-order valence-corrected chi connectivity index (χ4v) is 3.47. The molecular formula is C19H17Cl2N3O2. The topological polar surface area (TPSA) is 60.1 Å². The molecule has 7 heteroatoms. The molecule has 2 aromatic heterocycles. The molecule has 0 radical (unpaired) electrons. The molecule has 0 aliphatic heterocycles. The number of nitrogens with one attached hydrogen (secondary N) is 1. The predicted molar refractivity (Wildman–Crippen MR) is 100 cm³/mol. The van der Waals surface area contributed by atoms with Gasteiger partial charge in [0.25, 0.3) is 5.91 Å².